The lowest BCUT2D eigenvalue weighted by Crippen LogP contribution is -2.15. The van der Waals surface area contributed by atoms with Gasteiger partial charge in [-0.15, -0.1) is 5.10 Å². The van der Waals surface area contributed by atoms with Crippen LogP contribution in [0.5, 0.6) is 0 Å². The Kier molecular flexibility index (Phi) is 4.78. The number of anilines is 1. The highest BCUT2D eigenvalue weighted by atomic mass is 32.2. The highest BCUT2D eigenvalue weighted by molar-refractivity contribution is 7.99. The Bertz CT molecular complexity index is 1210. The summed E-state index contributed by atoms with van der Waals surface area (Å²) >= 11 is 1.21. The highest BCUT2D eigenvalue weighted by Crippen LogP contribution is 2.30. The molecule has 0 aliphatic heterocycles. The minimum atomic E-state index is -0.285. The van der Waals surface area contributed by atoms with Crippen molar-refractivity contribution in [3.63, 3.8) is 0 Å². The zero-order valence-electron chi connectivity index (χ0n) is 14.8. The summed E-state index contributed by atoms with van der Waals surface area (Å²) < 4.78 is 7.07. The third kappa shape index (κ3) is 3.33. The molecule has 2 aromatic heterocycles. The largest absolute Gasteiger partial charge is 0.443 e. The number of nitrogens with one attached hydrogen (secondary N) is 1. The van der Waals surface area contributed by atoms with Crippen LogP contribution in [0.3, 0.4) is 0 Å². The van der Waals surface area contributed by atoms with E-state index in [4.69, 9.17) is 4.42 Å². The normalized spacial score (nSPS) is 10.7. The van der Waals surface area contributed by atoms with Crippen LogP contribution in [-0.4, -0.2) is 31.9 Å². The van der Waals surface area contributed by atoms with Crippen molar-refractivity contribution in [1.82, 2.24) is 20.2 Å². The van der Waals surface area contributed by atoms with E-state index in [2.05, 4.69) is 20.8 Å². The van der Waals surface area contributed by atoms with Crippen LogP contribution in [0.15, 0.2) is 58.1 Å². The summed E-state index contributed by atoms with van der Waals surface area (Å²) in [7, 11) is 0. The van der Waals surface area contributed by atoms with Gasteiger partial charge in [0.2, 0.25) is 16.8 Å². The molecule has 9 heteroatoms. The minimum absolute atomic E-state index is 0.0734. The summed E-state index contributed by atoms with van der Waals surface area (Å²) in [6.07, 6.45) is 0. The molecule has 0 bridgehead atoms. The molecular weight excluding hydrogens is 376 g/mol. The average molecular weight is 390 g/mol. The van der Waals surface area contributed by atoms with E-state index in [0.717, 1.165) is 11.3 Å². The maximum Gasteiger partial charge on any atom is 0.234 e. The summed E-state index contributed by atoms with van der Waals surface area (Å²) in [6, 6.07) is 16.8. The van der Waals surface area contributed by atoms with E-state index in [0.29, 0.717) is 21.8 Å². The first-order valence-electron chi connectivity index (χ1n) is 8.36. The van der Waals surface area contributed by atoms with E-state index < -0.39 is 0 Å². The summed E-state index contributed by atoms with van der Waals surface area (Å²) in [5, 5.41) is 24.9. The maximum absolute atomic E-state index is 12.5. The maximum atomic E-state index is 12.5. The second-order valence-electron chi connectivity index (χ2n) is 5.91. The van der Waals surface area contributed by atoms with Gasteiger partial charge in [0.1, 0.15) is 17.3 Å². The van der Waals surface area contributed by atoms with Gasteiger partial charge in [-0.25, -0.2) is 0 Å². The molecule has 0 unspecified atom stereocenters. The van der Waals surface area contributed by atoms with Gasteiger partial charge in [-0.05, 0) is 41.1 Å². The van der Waals surface area contributed by atoms with Gasteiger partial charge in [0, 0.05) is 5.39 Å². The van der Waals surface area contributed by atoms with Gasteiger partial charge in [0.05, 0.1) is 11.4 Å². The average Bonchev–Trinajstić information content (AvgIpc) is 3.31. The lowest BCUT2D eigenvalue weighted by molar-refractivity contribution is -0.113. The van der Waals surface area contributed by atoms with Crippen molar-refractivity contribution in [3.8, 4) is 11.8 Å². The molecule has 4 aromatic rings. The summed E-state index contributed by atoms with van der Waals surface area (Å²) in [4.78, 5) is 12.5. The molecule has 0 atom stereocenters. The molecule has 138 valence electrons. The number of para-hydroxylation sites is 2. The monoisotopic (exact) mass is 390 g/mol. The van der Waals surface area contributed by atoms with E-state index in [9.17, 15) is 10.1 Å². The van der Waals surface area contributed by atoms with Crippen LogP contribution in [0.25, 0.3) is 16.7 Å². The molecule has 0 fully saturated rings. The van der Waals surface area contributed by atoms with Crippen molar-refractivity contribution in [2.45, 2.75) is 12.1 Å². The van der Waals surface area contributed by atoms with E-state index >= 15 is 0 Å². The van der Waals surface area contributed by atoms with Crippen molar-refractivity contribution in [2.24, 2.45) is 0 Å². The first-order valence-corrected chi connectivity index (χ1v) is 9.34. The fourth-order valence-corrected chi connectivity index (χ4v) is 3.46. The molecule has 0 aliphatic carbocycles. The van der Waals surface area contributed by atoms with E-state index in [1.165, 1.54) is 11.8 Å². The number of carbonyl (C=O) groups is 1. The second kappa shape index (κ2) is 7.54. The number of hydrogen-bond acceptors (Lipinski definition) is 7. The Morgan fingerprint density at radius 1 is 1.25 bits per heavy atom. The smallest absolute Gasteiger partial charge is 0.234 e. The molecule has 0 saturated heterocycles. The number of thioether (sulfide) groups is 1. The number of tetrazole rings is 1. The van der Waals surface area contributed by atoms with Gasteiger partial charge in [0.15, 0.2) is 0 Å². The van der Waals surface area contributed by atoms with Crippen LogP contribution >= 0.6 is 11.8 Å². The molecule has 1 amide bonds. The fraction of sp³-hybridized carbons (Fsp3) is 0.105. The van der Waals surface area contributed by atoms with Crippen molar-refractivity contribution >= 4 is 34.3 Å². The number of aryl methyl sites for hydroxylation is 1. The Labute approximate surface area is 164 Å². The number of furan rings is 1. The lowest BCUT2D eigenvalue weighted by Gasteiger charge is -2.07. The molecule has 1 N–H and O–H groups in total. The van der Waals surface area contributed by atoms with E-state index in [-0.39, 0.29) is 17.4 Å². The molecule has 0 aliphatic rings. The number of rotatable bonds is 5. The number of benzene rings is 2. The van der Waals surface area contributed by atoms with Crippen LogP contribution in [0.2, 0.25) is 0 Å². The van der Waals surface area contributed by atoms with E-state index in [1.54, 1.807) is 22.9 Å². The number of amides is 1. The molecule has 2 heterocycles. The fourth-order valence-electron chi connectivity index (χ4n) is 2.78. The minimum Gasteiger partial charge on any atom is -0.443 e. The third-order valence-corrected chi connectivity index (χ3v) is 5.00. The highest BCUT2D eigenvalue weighted by Gasteiger charge is 2.18. The van der Waals surface area contributed by atoms with Crippen LogP contribution in [0, 0.1) is 18.3 Å². The van der Waals surface area contributed by atoms with Crippen molar-refractivity contribution in [3.05, 3.63) is 59.9 Å². The number of hydrogen-bond donors (Lipinski definition) is 1. The van der Waals surface area contributed by atoms with Crippen molar-refractivity contribution in [1.29, 1.82) is 5.26 Å². The van der Waals surface area contributed by atoms with E-state index in [1.807, 2.05) is 43.3 Å². The van der Waals surface area contributed by atoms with Crippen molar-refractivity contribution < 1.29 is 9.21 Å². The van der Waals surface area contributed by atoms with Gasteiger partial charge < -0.3 is 9.73 Å². The van der Waals surface area contributed by atoms with Gasteiger partial charge in [0.25, 0.3) is 0 Å². The zero-order chi connectivity index (χ0) is 19.5. The molecule has 2 aromatic carbocycles. The summed E-state index contributed by atoms with van der Waals surface area (Å²) in [5.74, 6) is -0.131. The SMILES string of the molecule is Cc1ccccc1-n1nnnc1SCC(=O)Nc1c(C#N)oc2ccccc12. The Morgan fingerprint density at radius 3 is 2.86 bits per heavy atom. The van der Waals surface area contributed by atoms with Crippen LogP contribution in [-0.2, 0) is 4.79 Å². The van der Waals surface area contributed by atoms with Crippen LogP contribution in [0.1, 0.15) is 11.3 Å². The summed E-state index contributed by atoms with van der Waals surface area (Å²) in [6.45, 7) is 1.96. The van der Waals surface area contributed by atoms with Crippen LogP contribution < -0.4 is 5.32 Å². The van der Waals surface area contributed by atoms with Gasteiger partial charge in [-0.3, -0.25) is 4.79 Å². The van der Waals surface area contributed by atoms with Gasteiger partial charge >= 0.3 is 0 Å². The number of aromatic nitrogens is 4. The Hall–Kier alpha value is -3.64. The Morgan fingerprint density at radius 2 is 2.04 bits per heavy atom. The zero-order valence-corrected chi connectivity index (χ0v) is 15.6. The third-order valence-electron chi connectivity index (χ3n) is 4.08. The molecule has 0 saturated carbocycles. The standard InChI is InChI=1S/C19H14N6O2S/c1-12-6-2-4-8-14(12)25-19(22-23-24-25)28-11-17(26)21-18-13-7-3-5-9-15(13)27-16(18)10-20/h2-9H,11H2,1H3,(H,21,26). The molecular formula is C19H14N6O2S. The topological polar surface area (TPSA) is 110 Å². The number of nitriles is 1. The molecule has 28 heavy (non-hydrogen) atoms. The first kappa shape index (κ1) is 17.8. The first-order chi connectivity index (χ1) is 13.7. The summed E-state index contributed by atoms with van der Waals surface area (Å²) in [5.41, 5.74) is 2.79. The predicted octanol–water partition coefficient (Wildman–Crippen LogP) is 3.32. The molecule has 0 radical (unpaired) electrons. The molecule has 0 spiro atoms. The number of carbonyl (C=O) groups excluding carboxylic acids is 1. The van der Waals surface area contributed by atoms with Gasteiger partial charge in [-0.2, -0.15) is 9.94 Å². The quantitative estimate of drug-likeness (QED) is 0.521. The number of nitrogens with zero attached hydrogens (tertiary/aromatic N) is 5. The number of fused-ring (bicyclic) bond motifs is 1. The Balaban J connectivity index is 1.51. The molecule has 4 rings (SSSR count). The second-order valence-corrected chi connectivity index (χ2v) is 6.85. The van der Waals surface area contributed by atoms with Crippen LogP contribution in [0.4, 0.5) is 5.69 Å². The van der Waals surface area contributed by atoms with Gasteiger partial charge in [-0.1, -0.05) is 42.1 Å². The van der Waals surface area contributed by atoms with Crippen molar-refractivity contribution in [2.75, 3.05) is 11.1 Å². The molecule has 8 nitrogen and oxygen atoms in total. The lowest BCUT2D eigenvalue weighted by atomic mass is 10.2. The predicted molar refractivity (Wildman–Crippen MR) is 104 cm³/mol.